The number of ether oxygens (including phenoxy) is 1. The van der Waals surface area contributed by atoms with E-state index < -0.39 is 34.0 Å². The van der Waals surface area contributed by atoms with Crippen LogP contribution in [0.25, 0.3) is 10.9 Å². The van der Waals surface area contributed by atoms with E-state index in [-0.39, 0.29) is 34.1 Å². The summed E-state index contributed by atoms with van der Waals surface area (Å²) in [6.07, 6.45) is -3.30. The molecule has 1 aliphatic rings. The SMILES string of the molecule is COc1cc(CC(=O)C2(C)CCNCC2)c(Cl)c2c(C(F)(F)F)c(C(=O)NO)cnc12. The van der Waals surface area contributed by atoms with E-state index in [0.717, 1.165) is 0 Å². The van der Waals surface area contributed by atoms with E-state index in [1.54, 1.807) is 0 Å². The number of pyridine rings is 1. The highest BCUT2D eigenvalue weighted by Crippen LogP contribution is 2.44. The molecule has 0 spiro atoms. The Bertz CT molecular complexity index is 1040. The van der Waals surface area contributed by atoms with E-state index in [4.69, 9.17) is 21.5 Å². The van der Waals surface area contributed by atoms with Gasteiger partial charge in [0.1, 0.15) is 17.0 Å². The van der Waals surface area contributed by atoms with Crippen molar-refractivity contribution in [1.29, 1.82) is 0 Å². The van der Waals surface area contributed by atoms with E-state index in [0.29, 0.717) is 32.1 Å². The van der Waals surface area contributed by atoms with Crippen molar-refractivity contribution in [3.8, 4) is 5.75 Å². The second-order valence-electron chi connectivity index (χ2n) is 7.67. The summed E-state index contributed by atoms with van der Waals surface area (Å²) >= 11 is 6.38. The first-order chi connectivity index (χ1) is 14.5. The molecule has 2 aromatic rings. The lowest BCUT2D eigenvalue weighted by atomic mass is 9.75. The molecule has 1 fully saturated rings. The number of hydroxylamine groups is 1. The third-order valence-electron chi connectivity index (χ3n) is 5.70. The Morgan fingerprint density at radius 1 is 1.35 bits per heavy atom. The molecule has 3 N–H and O–H groups in total. The average molecular weight is 460 g/mol. The number of rotatable bonds is 5. The van der Waals surface area contributed by atoms with Crippen LogP contribution < -0.4 is 15.5 Å². The standard InChI is InChI=1S/C20H21ClF3N3O4/c1-19(3-5-25-6-4-19)13(28)8-10-7-12(31-2)17-14(16(10)21)15(20(22,23)24)11(9-26-17)18(29)27-30/h7,9,25,30H,3-6,8H2,1-2H3,(H,27,29). The minimum Gasteiger partial charge on any atom is -0.494 e. The van der Waals surface area contributed by atoms with Crippen molar-refractivity contribution in [2.75, 3.05) is 20.2 Å². The summed E-state index contributed by atoms with van der Waals surface area (Å²) in [6.45, 7) is 3.16. The van der Waals surface area contributed by atoms with Gasteiger partial charge in [0, 0.05) is 23.4 Å². The van der Waals surface area contributed by atoms with Crippen LogP contribution in [-0.2, 0) is 17.4 Å². The summed E-state index contributed by atoms with van der Waals surface area (Å²) < 4.78 is 47.1. The van der Waals surface area contributed by atoms with Gasteiger partial charge in [0.25, 0.3) is 5.91 Å². The number of fused-ring (bicyclic) bond motifs is 1. The van der Waals surface area contributed by atoms with Crippen LogP contribution in [0, 0.1) is 5.41 Å². The molecule has 0 aliphatic carbocycles. The van der Waals surface area contributed by atoms with Gasteiger partial charge in [0.05, 0.1) is 23.3 Å². The number of hydrogen-bond donors (Lipinski definition) is 3. The third kappa shape index (κ3) is 4.32. The zero-order valence-corrected chi connectivity index (χ0v) is 17.6. The van der Waals surface area contributed by atoms with E-state index in [9.17, 15) is 22.8 Å². The number of piperidine rings is 1. The number of methoxy groups -OCH3 is 1. The summed E-state index contributed by atoms with van der Waals surface area (Å²) in [5, 5.41) is 11.1. The van der Waals surface area contributed by atoms with Gasteiger partial charge in [-0.1, -0.05) is 18.5 Å². The number of nitrogens with one attached hydrogen (secondary N) is 2. The number of amides is 1. The largest absolute Gasteiger partial charge is 0.494 e. The Labute approximate surface area is 180 Å². The van der Waals surface area contributed by atoms with Crippen LogP contribution in [0.15, 0.2) is 12.3 Å². The van der Waals surface area contributed by atoms with Gasteiger partial charge in [-0.2, -0.15) is 13.2 Å². The number of alkyl halides is 3. The van der Waals surface area contributed by atoms with Gasteiger partial charge in [-0.05, 0) is 37.6 Å². The molecule has 0 unspecified atom stereocenters. The van der Waals surface area contributed by atoms with Gasteiger partial charge in [-0.25, -0.2) is 5.48 Å². The fourth-order valence-corrected chi connectivity index (χ4v) is 4.12. The lowest BCUT2D eigenvalue weighted by molar-refractivity contribution is -0.136. The number of carbonyl (C=O) groups is 2. The molecule has 11 heteroatoms. The van der Waals surface area contributed by atoms with Crippen LogP contribution >= 0.6 is 11.6 Å². The molecule has 1 saturated heterocycles. The van der Waals surface area contributed by atoms with Gasteiger partial charge >= 0.3 is 6.18 Å². The number of ketones is 1. The number of aromatic nitrogens is 1. The van der Waals surface area contributed by atoms with Crippen molar-refractivity contribution in [1.82, 2.24) is 15.8 Å². The predicted molar refractivity (Wildman–Crippen MR) is 106 cm³/mol. The zero-order valence-electron chi connectivity index (χ0n) is 16.8. The molecule has 1 amide bonds. The average Bonchev–Trinajstić information content (AvgIpc) is 2.74. The Hall–Kier alpha value is -2.43. The van der Waals surface area contributed by atoms with Crippen LogP contribution in [0.1, 0.15) is 41.3 Å². The van der Waals surface area contributed by atoms with Gasteiger partial charge in [0.15, 0.2) is 0 Å². The number of benzene rings is 1. The van der Waals surface area contributed by atoms with E-state index >= 15 is 0 Å². The number of hydrogen-bond acceptors (Lipinski definition) is 6. The molecule has 2 heterocycles. The number of nitrogens with zero attached hydrogens (tertiary/aromatic N) is 1. The van der Waals surface area contributed by atoms with E-state index in [1.165, 1.54) is 18.7 Å². The highest BCUT2D eigenvalue weighted by Gasteiger charge is 2.40. The smallest absolute Gasteiger partial charge is 0.417 e. The number of halogens is 4. The molecule has 0 bridgehead atoms. The first-order valence-electron chi connectivity index (χ1n) is 9.47. The molecular formula is C20H21ClF3N3O4. The Morgan fingerprint density at radius 3 is 2.55 bits per heavy atom. The van der Waals surface area contributed by atoms with E-state index in [2.05, 4.69) is 10.3 Å². The van der Waals surface area contributed by atoms with Crippen LogP contribution in [0.4, 0.5) is 13.2 Å². The summed E-state index contributed by atoms with van der Waals surface area (Å²) in [4.78, 5) is 28.8. The summed E-state index contributed by atoms with van der Waals surface area (Å²) in [6, 6.07) is 1.39. The highest BCUT2D eigenvalue weighted by molar-refractivity contribution is 6.37. The van der Waals surface area contributed by atoms with Crippen molar-refractivity contribution in [2.45, 2.75) is 32.4 Å². The Balaban J connectivity index is 2.23. The normalized spacial score (nSPS) is 16.2. The first-order valence-corrected chi connectivity index (χ1v) is 9.85. The molecule has 0 saturated carbocycles. The van der Waals surface area contributed by atoms with Gasteiger partial charge in [-0.15, -0.1) is 0 Å². The van der Waals surface area contributed by atoms with Gasteiger partial charge < -0.3 is 10.1 Å². The molecule has 3 rings (SSSR count). The van der Waals surface area contributed by atoms with Gasteiger partial charge in [0.2, 0.25) is 0 Å². The molecule has 1 aliphatic heterocycles. The minimum absolute atomic E-state index is 0.0147. The fraction of sp³-hybridized carbons (Fsp3) is 0.450. The zero-order chi connectivity index (χ0) is 23.0. The quantitative estimate of drug-likeness (QED) is 0.467. The van der Waals surface area contributed by atoms with Crippen molar-refractivity contribution >= 4 is 34.2 Å². The van der Waals surface area contributed by atoms with Gasteiger partial charge in [-0.3, -0.25) is 19.8 Å². The third-order valence-corrected chi connectivity index (χ3v) is 6.13. The Kier molecular flexibility index (Phi) is 6.45. The fourth-order valence-electron chi connectivity index (χ4n) is 3.82. The van der Waals surface area contributed by atoms with Crippen molar-refractivity contribution < 1.29 is 32.7 Å². The van der Waals surface area contributed by atoms with Crippen molar-refractivity contribution in [2.24, 2.45) is 5.41 Å². The Morgan fingerprint density at radius 2 is 2.00 bits per heavy atom. The monoisotopic (exact) mass is 459 g/mol. The second-order valence-corrected chi connectivity index (χ2v) is 8.05. The lowest BCUT2D eigenvalue weighted by Crippen LogP contribution is -2.40. The molecule has 7 nitrogen and oxygen atoms in total. The minimum atomic E-state index is -5.00. The second kappa shape index (κ2) is 8.60. The molecule has 1 aromatic carbocycles. The van der Waals surface area contributed by atoms with Crippen LogP contribution in [0.2, 0.25) is 5.02 Å². The topological polar surface area (TPSA) is 101 Å². The van der Waals surface area contributed by atoms with Crippen LogP contribution in [0.5, 0.6) is 5.75 Å². The summed E-state index contributed by atoms with van der Waals surface area (Å²) in [7, 11) is 1.26. The lowest BCUT2D eigenvalue weighted by Gasteiger charge is -2.32. The molecule has 0 radical (unpaired) electrons. The maximum atomic E-state index is 14.0. The molecule has 31 heavy (non-hydrogen) atoms. The predicted octanol–water partition coefficient (Wildman–Crippen LogP) is 3.54. The maximum absolute atomic E-state index is 14.0. The number of carbonyl (C=O) groups excluding carboxylic acids is 2. The number of Topliss-reactive ketones (excluding diaryl/α,β-unsaturated/α-hetero) is 1. The first kappa shape index (κ1) is 23.2. The molecule has 0 atom stereocenters. The summed E-state index contributed by atoms with van der Waals surface area (Å²) in [5.41, 5.74) is -1.77. The van der Waals surface area contributed by atoms with Crippen molar-refractivity contribution in [3.63, 3.8) is 0 Å². The van der Waals surface area contributed by atoms with E-state index in [1.807, 2.05) is 6.92 Å². The van der Waals surface area contributed by atoms with Crippen LogP contribution in [-0.4, -0.2) is 42.1 Å². The maximum Gasteiger partial charge on any atom is 0.417 e. The van der Waals surface area contributed by atoms with Crippen molar-refractivity contribution in [3.05, 3.63) is 34.0 Å². The molecule has 168 valence electrons. The molecule has 1 aromatic heterocycles. The summed E-state index contributed by atoms with van der Waals surface area (Å²) in [5.74, 6) is -1.55. The van der Waals surface area contributed by atoms with Crippen LogP contribution in [0.3, 0.4) is 0 Å². The highest BCUT2D eigenvalue weighted by atomic mass is 35.5. The molecular weight excluding hydrogens is 439 g/mol.